The lowest BCUT2D eigenvalue weighted by molar-refractivity contribution is -0.138. The predicted molar refractivity (Wildman–Crippen MR) is 74.6 cm³/mol. The molecule has 5 nitrogen and oxygen atoms in total. The van der Waals surface area contributed by atoms with E-state index in [1.165, 1.54) is 0 Å². The summed E-state index contributed by atoms with van der Waals surface area (Å²) in [5.41, 5.74) is 8.44. The summed E-state index contributed by atoms with van der Waals surface area (Å²) in [7, 11) is 0. The normalized spacial score (nSPS) is 11.4. The van der Waals surface area contributed by atoms with Gasteiger partial charge < -0.3 is 10.8 Å². The Bertz CT molecular complexity index is 542. The van der Waals surface area contributed by atoms with Crippen molar-refractivity contribution in [2.45, 2.75) is 19.4 Å². The first kappa shape index (κ1) is 16.7. The Morgan fingerprint density at radius 3 is 2.78 bits per heavy atom. The molecule has 2 aromatic rings. The lowest BCUT2D eigenvalue weighted by atomic mass is 10.0. The van der Waals surface area contributed by atoms with Crippen LogP contribution in [0.4, 0.5) is 0 Å². The fraction of sp³-hybridized carbons (Fsp3) is 0.273. The van der Waals surface area contributed by atoms with Crippen LogP contribution in [0.25, 0.3) is 10.9 Å². The van der Waals surface area contributed by atoms with Gasteiger partial charge in [-0.25, -0.2) is 0 Å². The van der Waals surface area contributed by atoms with Crippen molar-refractivity contribution in [3.05, 3.63) is 29.5 Å². The Balaban J connectivity index is 0.00000144. The van der Waals surface area contributed by atoms with Crippen molar-refractivity contribution in [3.8, 4) is 0 Å². The Morgan fingerprint density at radius 1 is 1.50 bits per heavy atom. The lowest BCUT2D eigenvalue weighted by Crippen LogP contribution is -2.32. The number of benzene rings is 1. The van der Waals surface area contributed by atoms with E-state index in [2.05, 4.69) is 10.2 Å². The van der Waals surface area contributed by atoms with Gasteiger partial charge in [0.25, 0.3) is 0 Å². The van der Waals surface area contributed by atoms with E-state index >= 15 is 0 Å². The molecule has 2 rings (SSSR count). The molecule has 0 unspecified atom stereocenters. The summed E-state index contributed by atoms with van der Waals surface area (Å²) in [6.07, 6.45) is 2.05. The molecule has 0 saturated heterocycles. The number of carboxylic acids is 1. The van der Waals surface area contributed by atoms with Gasteiger partial charge in [-0.15, -0.1) is 24.8 Å². The highest BCUT2D eigenvalue weighted by atomic mass is 35.5. The second-order valence-corrected chi connectivity index (χ2v) is 3.90. The second-order valence-electron chi connectivity index (χ2n) is 3.90. The maximum atomic E-state index is 10.7. The summed E-state index contributed by atoms with van der Waals surface area (Å²) < 4.78 is 0. The van der Waals surface area contributed by atoms with E-state index in [0.717, 1.165) is 22.0 Å². The first-order chi connectivity index (χ1) is 7.58. The zero-order chi connectivity index (χ0) is 11.7. The van der Waals surface area contributed by atoms with Gasteiger partial charge in [-0.2, -0.15) is 5.10 Å². The van der Waals surface area contributed by atoms with Gasteiger partial charge in [0, 0.05) is 5.39 Å². The number of aryl methyl sites for hydroxylation is 1. The molecule has 18 heavy (non-hydrogen) atoms. The predicted octanol–water partition coefficient (Wildman–Crippen LogP) is 1.67. The third-order valence-electron chi connectivity index (χ3n) is 2.58. The van der Waals surface area contributed by atoms with Crippen molar-refractivity contribution < 1.29 is 9.90 Å². The van der Waals surface area contributed by atoms with Crippen LogP contribution in [0, 0.1) is 6.92 Å². The lowest BCUT2D eigenvalue weighted by Gasteiger charge is -2.07. The van der Waals surface area contributed by atoms with Gasteiger partial charge in [-0.1, -0.05) is 6.07 Å². The molecule has 1 heterocycles. The number of nitrogens with one attached hydrogen (secondary N) is 1. The second kappa shape index (κ2) is 6.58. The maximum Gasteiger partial charge on any atom is 0.320 e. The van der Waals surface area contributed by atoms with E-state index in [9.17, 15) is 4.79 Å². The zero-order valence-corrected chi connectivity index (χ0v) is 11.3. The van der Waals surface area contributed by atoms with Crippen LogP contribution in [0.1, 0.15) is 11.1 Å². The summed E-state index contributed by atoms with van der Waals surface area (Å²) in [5.74, 6) is -0.982. The molecule has 0 radical (unpaired) electrons. The highest BCUT2D eigenvalue weighted by Gasteiger charge is 2.13. The number of halogens is 2. The fourth-order valence-corrected chi connectivity index (χ4v) is 1.77. The Kier molecular flexibility index (Phi) is 6.11. The van der Waals surface area contributed by atoms with Crippen LogP contribution < -0.4 is 5.73 Å². The molecule has 1 aromatic carbocycles. The standard InChI is InChI=1S/C11H13N3O2.2ClH/c1-6-2-7(4-9(12)11(15)16)3-8-5-13-14-10(6)8;;/h2-3,5,9H,4,12H2,1H3,(H,13,14)(H,15,16);2*1H/t9-;;/m1../s1. The van der Waals surface area contributed by atoms with E-state index in [1.807, 2.05) is 19.1 Å². The number of aromatic nitrogens is 2. The Morgan fingerprint density at radius 2 is 2.17 bits per heavy atom. The Hall–Kier alpha value is -1.30. The van der Waals surface area contributed by atoms with Gasteiger partial charge in [-0.3, -0.25) is 9.89 Å². The van der Waals surface area contributed by atoms with Gasteiger partial charge >= 0.3 is 5.97 Å². The van der Waals surface area contributed by atoms with Crippen LogP contribution in [0.3, 0.4) is 0 Å². The molecule has 7 heteroatoms. The number of hydrogen-bond donors (Lipinski definition) is 3. The number of H-pyrrole nitrogens is 1. The van der Waals surface area contributed by atoms with Gasteiger partial charge in [-0.05, 0) is 30.5 Å². The van der Waals surface area contributed by atoms with E-state index in [-0.39, 0.29) is 24.8 Å². The van der Waals surface area contributed by atoms with Crippen molar-refractivity contribution in [2.24, 2.45) is 5.73 Å². The van der Waals surface area contributed by atoms with Gasteiger partial charge in [0.05, 0.1) is 11.7 Å². The summed E-state index contributed by atoms with van der Waals surface area (Å²) in [4.78, 5) is 10.7. The van der Waals surface area contributed by atoms with Gasteiger partial charge in [0.1, 0.15) is 6.04 Å². The minimum absolute atomic E-state index is 0. The monoisotopic (exact) mass is 291 g/mol. The van der Waals surface area contributed by atoms with Gasteiger partial charge in [0.15, 0.2) is 0 Å². The van der Waals surface area contributed by atoms with Crippen molar-refractivity contribution in [1.29, 1.82) is 0 Å². The van der Waals surface area contributed by atoms with E-state index in [4.69, 9.17) is 10.8 Å². The average molecular weight is 292 g/mol. The summed E-state index contributed by atoms with van der Waals surface area (Å²) in [6.45, 7) is 1.95. The third-order valence-corrected chi connectivity index (χ3v) is 2.58. The molecule has 4 N–H and O–H groups in total. The smallest absolute Gasteiger partial charge is 0.320 e. The molecule has 0 aliphatic carbocycles. The number of hydrogen-bond acceptors (Lipinski definition) is 3. The van der Waals surface area contributed by atoms with Crippen LogP contribution >= 0.6 is 24.8 Å². The summed E-state index contributed by atoms with van der Waals surface area (Å²) >= 11 is 0. The number of aromatic amines is 1. The fourth-order valence-electron chi connectivity index (χ4n) is 1.77. The molecule has 100 valence electrons. The highest BCUT2D eigenvalue weighted by Crippen LogP contribution is 2.18. The molecular formula is C11H15Cl2N3O2. The number of nitrogens with zero attached hydrogens (tertiary/aromatic N) is 1. The summed E-state index contributed by atoms with van der Waals surface area (Å²) in [6, 6.07) is 2.99. The highest BCUT2D eigenvalue weighted by molar-refractivity contribution is 5.85. The van der Waals surface area contributed by atoms with Crippen LogP contribution in [-0.4, -0.2) is 27.3 Å². The molecule has 0 spiro atoms. The third kappa shape index (κ3) is 3.35. The molecule has 0 aliphatic rings. The zero-order valence-electron chi connectivity index (χ0n) is 9.71. The number of rotatable bonds is 3. The molecule has 0 aliphatic heterocycles. The SMILES string of the molecule is Cc1cc(C[C@@H](N)C(=O)O)cc2cn[nH]c12.Cl.Cl. The molecule has 1 aromatic heterocycles. The molecule has 0 fully saturated rings. The van der Waals surface area contributed by atoms with Crippen molar-refractivity contribution in [2.75, 3.05) is 0 Å². The maximum absolute atomic E-state index is 10.7. The van der Waals surface area contributed by atoms with Crippen molar-refractivity contribution in [3.63, 3.8) is 0 Å². The number of aliphatic carboxylic acids is 1. The van der Waals surface area contributed by atoms with Crippen LogP contribution in [0.5, 0.6) is 0 Å². The van der Waals surface area contributed by atoms with Crippen LogP contribution in [-0.2, 0) is 11.2 Å². The minimum atomic E-state index is -0.982. The van der Waals surface area contributed by atoms with Crippen LogP contribution in [0.15, 0.2) is 18.3 Å². The first-order valence-corrected chi connectivity index (χ1v) is 4.99. The molecule has 1 atom stereocenters. The molecule has 0 saturated carbocycles. The minimum Gasteiger partial charge on any atom is -0.480 e. The van der Waals surface area contributed by atoms with E-state index in [1.54, 1.807) is 6.20 Å². The first-order valence-electron chi connectivity index (χ1n) is 4.99. The van der Waals surface area contributed by atoms with E-state index in [0.29, 0.717) is 6.42 Å². The Labute approximate surface area is 117 Å². The van der Waals surface area contributed by atoms with Crippen molar-refractivity contribution in [1.82, 2.24) is 10.2 Å². The largest absolute Gasteiger partial charge is 0.480 e. The number of fused-ring (bicyclic) bond motifs is 1. The quantitative estimate of drug-likeness (QED) is 0.802. The van der Waals surface area contributed by atoms with Crippen LogP contribution in [0.2, 0.25) is 0 Å². The van der Waals surface area contributed by atoms with Gasteiger partial charge in [0.2, 0.25) is 0 Å². The van der Waals surface area contributed by atoms with E-state index < -0.39 is 12.0 Å². The molecular weight excluding hydrogens is 277 g/mol. The number of nitrogens with two attached hydrogens (primary N) is 1. The number of carbonyl (C=O) groups is 1. The molecule has 0 bridgehead atoms. The number of carboxylic acid groups (broad SMARTS) is 1. The van der Waals surface area contributed by atoms with Crippen molar-refractivity contribution >= 4 is 41.7 Å². The summed E-state index contributed by atoms with van der Waals surface area (Å²) in [5, 5.41) is 16.6. The molecule has 0 amide bonds. The average Bonchev–Trinajstić information content (AvgIpc) is 2.65. The topological polar surface area (TPSA) is 92.0 Å².